The number of halogens is 3. The molecule has 0 N–H and O–H groups in total. The molecule has 0 aliphatic rings. The second-order valence-corrected chi connectivity index (χ2v) is 6.93. The molecule has 0 spiro atoms. The van der Waals surface area contributed by atoms with Crippen LogP contribution >= 0.6 is 15.9 Å². The molecule has 0 fully saturated rings. The Hall–Kier alpha value is -0.820. The van der Waals surface area contributed by atoms with Crippen molar-refractivity contribution >= 4 is 31.6 Å². The van der Waals surface area contributed by atoms with E-state index < -0.39 is 27.3 Å². The van der Waals surface area contributed by atoms with Gasteiger partial charge in [-0.3, -0.25) is 4.79 Å². The standard InChI is InChI=1S/C11H11BrF2O3S/c1-18(16,17)6-2-3-9(15)7-4-5-8(13)11(14)10(7)12/h4-5H,2-3,6H2,1H3. The maximum Gasteiger partial charge on any atom is 0.173 e. The first-order valence-electron chi connectivity index (χ1n) is 5.07. The quantitative estimate of drug-likeness (QED) is 0.611. The van der Waals surface area contributed by atoms with Crippen LogP contribution in [0.2, 0.25) is 0 Å². The maximum absolute atomic E-state index is 13.2. The van der Waals surface area contributed by atoms with E-state index in [0.717, 1.165) is 12.3 Å². The minimum absolute atomic E-state index is 0.0161. The molecule has 0 unspecified atom stereocenters. The molecule has 0 aliphatic carbocycles. The van der Waals surface area contributed by atoms with Crippen LogP contribution in [-0.4, -0.2) is 26.2 Å². The SMILES string of the molecule is CS(=O)(=O)CCCC(=O)c1ccc(F)c(F)c1Br. The number of benzene rings is 1. The summed E-state index contributed by atoms with van der Waals surface area (Å²) in [6, 6.07) is 2.04. The van der Waals surface area contributed by atoms with Gasteiger partial charge in [-0.1, -0.05) is 0 Å². The highest BCUT2D eigenvalue weighted by Crippen LogP contribution is 2.24. The van der Waals surface area contributed by atoms with Gasteiger partial charge in [-0.05, 0) is 34.5 Å². The van der Waals surface area contributed by atoms with Gasteiger partial charge >= 0.3 is 0 Å². The Morgan fingerprint density at radius 2 is 1.94 bits per heavy atom. The number of carbonyl (C=O) groups excluding carboxylic acids is 1. The summed E-state index contributed by atoms with van der Waals surface area (Å²) in [6.07, 6.45) is 1.20. The van der Waals surface area contributed by atoms with E-state index in [1.165, 1.54) is 6.07 Å². The van der Waals surface area contributed by atoms with Crippen molar-refractivity contribution in [2.24, 2.45) is 0 Å². The predicted molar refractivity (Wildman–Crippen MR) is 67.3 cm³/mol. The summed E-state index contributed by atoms with van der Waals surface area (Å²) in [5.41, 5.74) is 0.0161. The lowest BCUT2D eigenvalue weighted by Gasteiger charge is -2.05. The Bertz CT molecular complexity index is 570. The predicted octanol–water partition coefficient (Wildman–Crippen LogP) is 2.73. The van der Waals surface area contributed by atoms with E-state index in [0.29, 0.717) is 0 Å². The lowest BCUT2D eigenvalue weighted by molar-refractivity contribution is 0.0980. The van der Waals surface area contributed by atoms with E-state index >= 15 is 0 Å². The van der Waals surface area contributed by atoms with E-state index in [1.807, 2.05) is 0 Å². The van der Waals surface area contributed by atoms with Crippen molar-refractivity contribution in [1.29, 1.82) is 0 Å². The van der Waals surface area contributed by atoms with E-state index in [-0.39, 0.29) is 28.6 Å². The van der Waals surface area contributed by atoms with Crippen LogP contribution in [0, 0.1) is 11.6 Å². The highest BCUT2D eigenvalue weighted by atomic mass is 79.9. The molecule has 100 valence electrons. The van der Waals surface area contributed by atoms with Crippen molar-refractivity contribution in [3.05, 3.63) is 33.8 Å². The highest BCUT2D eigenvalue weighted by molar-refractivity contribution is 9.10. The molecule has 0 aliphatic heterocycles. The van der Waals surface area contributed by atoms with E-state index in [2.05, 4.69) is 15.9 Å². The first-order valence-corrected chi connectivity index (χ1v) is 7.92. The van der Waals surface area contributed by atoms with Gasteiger partial charge in [-0.15, -0.1) is 0 Å². The Balaban J connectivity index is 2.77. The van der Waals surface area contributed by atoms with Crippen LogP contribution in [0.4, 0.5) is 8.78 Å². The molecule has 1 rings (SSSR count). The number of hydrogen-bond donors (Lipinski definition) is 0. The smallest absolute Gasteiger partial charge is 0.173 e. The molecule has 18 heavy (non-hydrogen) atoms. The van der Waals surface area contributed by atoms with Crippen molar-refractivity contribution in [2.75, 3.05) is 12.0 Å². The molecule has 3 nitrogen and oxygen atoms in total. The van der Waals surface area contributed by atoms with Gasteiger partial charge in [0.2, 0.25) is 0 Å². The lowest BCUT2D eigenvalue weighted by atomic mass is 10.1. The van der Waals surface area contributed by atoms with E-state index in [1.54, 1.807) is 0 Å². The summed E-state index contributed by atoms with van der Waals surface area (Å²) in [7, 11) is -3.13. The average Bonchev–Trinajstić information content (AvgIpc) is 2.24. The second-order valence-electron chi connectivity index (χ2n) is 3.88. The van der Waals surface area contributed by atoms with Gasteiger partial charge in [0.05, 0.1) is 10.2 Å². The summed E-state index contributed by atoms with van der Waals surface area (Å²) in [5.74, 6) is -2.71. The Morgan fingerprint density at radius 1 is 1.33 bits per heavy atom. The average molecular weight is 341 g/mol. The fraction of sp³-hybridized carbons (Fsp3) is 0.364. The van der Waals surface area contributed by atoms with Gasteiger partial charge in [0.1, 0.15) is 9.84 Å². The monoisotopic (exact) mass is 340 g/mol. The van der Waals surface area contributed by atoms with Crippen LogP contribution in [-0.2, 0) is 9.84 Å². The maximum atomic E-state index is 13.2. The third kappa shape index (κ3) is 4.13. The van der Waals surface area contributed by atoms with Crippen LogP contribution in [0.15, 0.2) is 16.6 Å². The van der Waals surface area contributed by atoms with Crippen molar-refractivity contribution in [2.45, 2.75) is 12.8 Å². The van der Waals surface area contributed by atoms with E-state index in [4.69, 9.17) is 0 Å². The zero-order valence-electron chi connectivity index (χ0n) is 9.54. The van der Waals surface area contributed by atoms with Crippen LogP contribution in [0.5, 0.6) is 0 Å². The molecule has 0 aromatic heterocycles. The third-order valence-corrected chi connectivity index (χ3v) is 4.06. The van der Waals surface area contributed by atoms with Crippen molar-refractivity contribution in [1.82, 2.24) is 0 Å². The first-order chi connectivity index (χ1) is 8.22. The summed E-state index contributed by atoms with van der Waals surface area (Å²) in [6.45, 7) is 0. The second kappa shape index (κ2) is 5.88. The van der Waals surface area contributed by atoms with Gasteiger partial charge in [0, 0.05) is 18.2 Å². The number of sulfone groups is 1. The summed E-state index contributed by atoms with van der Waals surface area (Å²) < 4.78 is 47.6. The van der Waals surface area contributed by atoms with Crippen LogP contribution in [0.1, 0.15) is 23.2 Å². The molecular formula is C11H11BrF2O3S. The zero-order chi connectivity index (χ0) is 13.9. The Labute approximate surface area is 112 Å². The number of hydrogen-bond acceptors (Lipinski definition) is 3. The van der Waals surface area contributed by atoms with Gasteiger partial charge < -0.3 is 0 Å². The molecule has 0 saturated heterocycles. The number of rotatable bonds is 5. The molecule has 0 amide bonds. The number of Topliss-reactive ketones (excluding diaryl/α,β-unsaturated/α-hetero) is 1. The topological polar surface area (TPSA) is 51.2 Å². The zero-order valence-corrected chi connectivity index (χ0v) is 11.9. The Morgan fingerprint density at radius 3 is 2.50 bits per heavy atom. The first kappa shape index (κ1) is 15.2. The van der Waals surface area contributed by atoms with Gasteiger partial charge in [0.15, 0.2) is 17.4 Å². The molecule has 7 heteroatoms. The number of ketones is 1. The number of carbonyl (C=O) groups is 1. The Kier molecular flexibility index (Phi) is 4.98. The normalized spacial score (nSPS) is 11.6. The molecular weight excluding hydrogens is 330 g/mol. The van der Waals surface area contributed by atoms with Crippen LogP contribution in [0.3, 0.4) is 0 Å². The summed E-state index contributed by atoms with van der Waals surface area (Å²) >= 11 is 2.81. The largest absolute Gasteiger partial charge is 0.294 e. The van der Waals surface area contributed by atoms with Gasteiger partial charge in [-0.25, -0.2) is 17.2 Å². The highest BCUT2D eigenvalue weighted by Gasteiger charge is 2.16. The molecule has 1 aromatic carbocycles. The van der Waals surface area contributed by atoms with Crippen molar-refractivity contribution in [3.63, 3.8) is 0 Å². The van der Waals surface area contributed by atoms with Gasteiger partial charge in [0.25, 0.3) is 0 Å². The summed E-state index contributed by atoms with van der Waals surface area (Å²) in [5, 5.41) is 0. The summed E-state index contributed by atoms with van der Waals surface area (Å²) in [4.78, 5) is 11.7. The molecule has 0 saturated carbocycles. The minimum atomic E-state index is -3.13. The minimum Gasteiger partial charge on any atom is -0.294 e. The van der Waals surface area contributed by atoms with Crippen LogP contribution in [0.25, 0.3) is 0 Å². The third-order valence-electron chi connectivity index (χ3n) is 2.25. The van der Waals surface area contributed by atoms with Gasteiger partial charge in [-0.2, -0.15) is 0 Å². The molecule has 0 heterocycles. The molecule has 0 radical (unpaired) electrons. The lowest BCUT2D eigenvalue weighted by Crippen LogP contribution is -2.08. The molecule has 0 bridgehead atoms. The van der Waals surface area contributed by atoms with E-state index in [9.17, 15) is 22.0 Å². The van der Waals surface area contributed by atoms with Crippen molar-refractivity contribution < 1.29 is 22.0 Å². The molecule has 0 atom stereocenters. The van der Waals surface area contributed by atoms with Crippen molar-refractivity contribution in [3.8, 4) is 0 Å². The fourth-order valence-electron chi connectivity index (χ4n) is 1.37. The molecule has 1 aromatic rings. The fourth-order valence-corrected chi connectivity index (χ4v) is 2.58. The van der Waals surface area contributed by atoms with Crippen LogP contribution < -0.4 is 0 Å².